The van der Waals surface area contributed by atoms with E-state index in [1.54, 1.807) is 0 Å². The molecule has 2 aromatic heterocycles. The number of ketones is 1. The molecule has 10 nitrogen and oxygen atoms in total. The number of fused-ring (bicyclic) bond motifs is 1. The molecule has 0 saturated heterocycles. The van der Waals surface area contributed by atoms with Crippen molar-refractivity contribution in [1.29, 1.82) is 0 Å². The fourth-order valence-corrected chi connectivity index (χ4v) is 3.94. The van der Waals surface area contributed by atoms with Gasteiger partial charge in [-0.2, -0.15) is 0 Å². The molecule has 0 fully saturated rings. The second kappa shape index (κ2) is 12.4. The Labute approximate surface area is 220 Å². The van der Waals surface area contributed by atoms with Gasteiger partial charge in [-0.1, -0.05) is 6.08 Å². The predicted molar refractivity (Wildman–Crippen MR) is 134 cm³/mol. The maximum atomic E-state index is 14.2. The lowest BCUT2D eigenvalue weighted by Gasteiger charge is -2.36. The van der Waals surface area contributed by atoms with Crippen LogP contribution in [0.5, 0.6) is 11.5 Å². The summed E-state index contributed by atoms with van der Waals surface area (Å²) < 4.78 is 80.2. The van der Waals surface area contributed by atoms with E-state index in [1.807, 2.05) is 0 Å². The Morgan fingerprint density at radius 1 is 1.00 bits per heavy atom. The summed E-state index contributed by atoms with van der Waals surface area (Å²) in [6.07, 6.45) is 2.64. The van der Waals surface area contributed by atoms with Gasteiger partial charge < -0.3 is 41.2 Å². The van der Waals surface area contributed by atoms with Crippen molar-refractivity contribution in [2.75, 3.05) is 27.4 Å². The van der Waals surface area contributed by atoms with Crippen LogP contribution < -0.4 is 20.4 Å². The summed E-state index contributed by atoms with van der Waals surface area (Å²) >= 11 is 0. The fourth-order valence-electron chi connectivity index (χ4n) is 3.94. The zero-order chi connectivity index (χ0) is 28.9. The van der Waals surface area contributed by atoms with Crippen LogP contribution in [-0.2, 0) is 27.2 Å². The lowest BCUT2D eigenvalue weighted by molar-refractivity contribution is 0.104. The lowest BCUT2D eigenvalue weighted by Crippen LogP contribution is -2.41. The van der Waals surface area contributed by atoms with Crippen molar-refractivity contribution in [3.05, 3.63) is 73.6 Å². The quantitative estimate of drug-likeness (QED) is 0.181. The summed E-state index contributed by atoms with van der Waals surface area (Å²) in [6.45, 7) is 3.40. The molecular formula is C23H25B2F4N2O8-. The predicted octanol–water partition coefficient (Wildman–Crippen LogP) is 2.79. The first-order valence-electron chi connectivity index (χ1n) is 11.6. The molecule has 2 aromatic rings. The summed E-state index contributed by atoms with van der Waals surface area (Å²) in [5.74, 6) is -2.71. The minimum atomic E-state index is -4.85. The molecule has 0 atom stereocenters. The van der Waals surface area contributed by atoms with Gasteiger partial charge in [-0.15, -0.1) is 0 Å². The van der Waals surface area contributed by atoms with E-state index in [0.717, 1.165) is 28.9 Å². The average Bonchev–Trinajstić information content (AvgIpc) is 2.82. The maximum absolute atomic E-state index is 14.2. The van der Waals surface area contributed by atoms with Gasteiger partial charge >= 0.3 is 14.6 Å². The molecule has 3 rings (SSSR count). The van der Waals surface area contributed by atoms with Crippen LogP contribution in [0.2, 0.25) is 0 Å². The third kappa shape index (κ3) is 6.81. The third-order valence-corrected chi connectivity index (χ3v) is 5.71. The highest BCUT2D eigenvalue weighted by Crippen LogP contribution is 2.36. The maximum Gasteiger partial charge on any atom is 0.796 e. The van der Waals surface area contributed by atoms with E-state index in [1.165, 1.54) is 38.7 Å². The van der Waals surface area contributed by atoms with Crippen molar-refractivity contribution in [1.82, 2.24) is 9.13 Å². The Balaban J connectivity index is 2.06. The Kier molecular flexibility index (Phi) is 9.45. The van der Waals surface area contributed by atoms with Crippen LogP contribution in [-0.4, -0.2) is 56.9 Å². The number of methoxy groups -OCH3 is 2. The highest BCUT2D eigenvalue weighted by Gasteiger charge is 2.40. The van der Waals surface area contributed by atoms with E-state index in [4.69, 9.17) is 9.47 Å². The first-order chi connectivity index (χ1) is 18.4. The Bertz CT molecular complexity index is 1420. The molecule has 3 heterocycles. The van der Waals surface area contributed by atoms with Crippen molar-refractivity contribution in [3.63, 3.8) is 0 Å². The van der Waals surface area contributed by atoms with Gasteiger partial charge in [0.1, 0.15) is 16.9 Å². The topological polar surface area (TPSA) is 107 Å². The van der Waals surface area contributed by atoms with Gasteiger partial charge in [0.05, 0.1) is 24.7 Å². The van der Waals surface area contributed by atoms with Crippen LogP contribution in [0, 0.1) is 13.8 Å². The number of ether oxygens (including phenoxy) is 2. The average molecular weight is 555 g/mol. The first kappa shape index (κ1) is 29.8. The second-order valence-corrected chi connectivity index (χ2v) is 8.35. The summed E-state index contributed by atoms with van der Waals surface area (Å²) in [4.78, 5) is 39.0. The van der Waals surface area contributed by atoms with Crippen LogP contribution in [0.4, 0.5) is 17.3 Å². The highest BCUT2D eigenvalue weighted by molar-refractivity contribution is 6.54. The van der Waals surface area contributed by atoms with E-state index in [9.17, 15) is 31.6 Å². The number of aryl methyl sites for hydroxylation is 2. The van der Waals surface area contributed by atoms with E-state index in [0.29, 0.717) is 5.69 Å². The number of aromatic nitrogens is 2. The number of hydrogen-bond donors (Lipinski definition) is 0. The Morgan fingerprint density at radius 3 is 2.18 bits per heavy atom. The van der Waals surface area contributed by atoms with Gasteiger partial charge in [-0.3, -0.25) is 14.4 Å². The van der Waals surface area contributed by atoms with Gasteiger partial charge in [0.15, 0.2) is 5.78 Å². The molecule has 1 aliphatic heterocycles. The molecule has 210 valence electrons. The molecule has 0 bridgehead atoms. The summed E-state index contributed by atoms with van der Waals surface area (Å²) in [6, 6.07) is 2.35. The van der Waals surface area contributed by atoms with Crippen LogP contribution in [0.1, 0.15) is 27.3 Å². The van der Waals surface area contributed by atoms with Crippen molar-refractivity contribution in [2.24, 2.45) is 0 Å². The van der Waals surface area contributed by atoms with Crippen molar-refractivity contribution in [2.45, 2.75) is 26.9 Å². The molecule has 0 unspecified atom stereocenters. The van der Waals surface area contributed by atoms with Gasteiger partial charge in [-0.05, 0) is 38.1 Å². The number of allylic oxidation sites excluding steroid dienone is 3. The summed E-state index contributed by atoms with van der Waals surface area (Å²) in [5.41, 5.74) is -2.06. The van der Waals surface area contributed by atoms with Gasteiger partial charge in [0.25, 0.3) is 11.1 Å². The number of carbonyl (C=O) groups is 1. The minimum Gasteiger partial charge on any atom is -0.627 e. The number of rotatable bonds is 11. The summed E-state index contributed by atoms with van der Waals surface area (Å²) in [7, 11) is -5.34. The molecule has 0 amide bonds. The van der Waals surface area contributed by atoms with Gasteiger partial charge in [-0.25, -0.2) is 8.63 Å². The number of carbonyl (C=O) groups excluding carboxylic acids is 1. The molecule has 0 saturated carbocycles. The molecule has 0 N–H and O–H groups in total. The Morgan fingerprint density at radius 2 is 1.59 bits per heavy atom. The standard InChI is InChI=1S/C23H25B2F4N2O8/c1-14-12-18(37-24(26)27)20(22(33)30(14)8-10-35-3)16(32)6-5-7-17-21-19(39-25(28,29)38-17)13-15(2)31(23(21)34)9-11-36-4/h5-7,12-13H,8-11H2,1-4H3/q-1/b6-5+,17-7-. The summed E-state index contributed by atoms with van der Waals surface area (Å²) in [5, 5.41) is 0. The van der Waals surface area contributed by atoms with Crippen molar-refractivity contribution < 1.29 is 45.5 Å². The minimum absolute atomic E-state index is 0.0285. The van der Waals surface area contributed by atoms with Crippen LogP contribution in [0.25, 0.3) is 5.76 Å². The van der Waals surface area contributed by atoms with Crippen LogP contribution in [0.15, 0.2) is 39.9 Å². The molecule has 0 radical (unpaired) electrons. The normalized spacial score (nSPS) is 15.1. The number of nitrogens with zero attached hydrogens (tertiary/aromatic N) is 2. The van der Waals surface area contributed by atoms with Crippen molar-refractivity contribution in [3.8, 4) is 11.5 Å². The molecule has 0 spiro atoms. The second-order valence-electron chi connectivity index (χ2n) is 8.35. The smallest absolute Gasteiger partial charge is 0.627 e. The molecule has 16 heteroatoms. The van der Waals surface area contributed by atoms with Crippen LogP contribution in [0.3, 0.4) is 0 Å². The molecule has 0 aromatic carbocycles. The zero-order valence-electron chi connectivity index (χ0n) is 21.5. The number of hydrogen-bond acceptors (Lipinski definition) is 8. The van der Waals surface area contributed by atoms with E-state index >= 15 is 0 Å². The van der Waals surface area contributed by atoms with Crippen molar-refractivity contribution >= 4 is 26.1 Å². The molecular weight excluding hydrogens is 530 g/mol. The molecule has 0 aliphatic carbocycles. The van der Waals surface area contributed by atoms with Gasteiger partial charge in [0.2, 0.25) is 0 Å². The Hall–Kier alpha value is -3.78. The van der Waals surface area contributed by atoms with Gasteiger partial charge in [0, 0.05) is 38.7 Å². The SMILES string of the molecule is COCCn1c(C)cc(OB(F)F)c(C(=O)/C=C/C=C2\O[B-](F)(F)Oc3cc(C)n(CCOC)c(=O)c32)c1=O. The third-order valence-electron chi connectivity index (χ3n) is 5.71. The van der Waals surface area contributed by atoms with E-state index < -0.39 is 54.3 Å². The molecule has 1 aliphatic rings. The van der Waals surface area contributed by atoms with E-state index in [2.05, 4.69) is 14.0 Å². The highest BCUT2D eigenvalue weighted by atomic mass is 19.3. The number of halogens is 4. The zero-order valence-corrected chi connectivity index (χ0v) is 21.5. The van der Waals surface area contributed by atoms with E-state index in [-0.39, 0.29) is 37.6 Å². The largest absolute Gasteiger partial charge is 0.796 e. The van der Waals surface area contributed by atoms with Crippen LogP contribution >= 0.6 is 0 Å². The number of pyridine rings is 2. The lowest BCUT2D eigenvalue weighted by atomic mass is 10.0. The first-order valence-corrected chi connectivity index (χ1v) is 11.6. The fraction of sp³-hybridized carbons (Fsp3) is 0.348. The molecule has 39 heavy (non-hydrogen) atoms. The monoisotopic (exact) mass is 555 g/mol.